The van der Waals surface area contributed by atoms with Gasteiger partial charge in [0.05, 0.1) is 5.75 Å². The lowest BCUT2D eigenvalue weighted by molar-refractivity contribution is 0.477. The van der Waals surface area contributed by atoms with Gasteiger partial charge in [-0.15, -0.1) is 11.3 Å². The summed E-state index contributed by atoms with van der Waals surface area (Å²) in [6.45, 7) is 7.74. The molecule has 3 nitrogen and oxygen atoms in total. The molecule has 18 heavy (non-hydrogen) atoms. The van der Waals surface area contributed by atoms with E-state index in [1.165, 1.54) is 4.88 Å². The third kappa shape index (κ3) is 5.08. The van der Waals surface area contributed by atoms with Gasteiger partial charge in [-0.25, -0.2) is 8.42 Å². The van der Waals surface area contributed by atoms with E-state index in [-0.39, 0.29) is 16.9 Å². The Morgan fingerprint density at radius 2 is 2.11 bits per heavy atom. The maximum atomic E-state index is 11.3. The first-order valence-electron chi connectivity index (χ1n) is 6.32. The highest BCUT2D eigenvalue weighted by atomic mass is 32.2. The highest BCUT2D eigenvalue weighted by molar-refractivity contribution is 7.91. The van der Waals surface area contributed by atoms with Gasteiger partial charge in [-0.05, 0) is 24.4 Å². The average molecular weight is 289 g/mol. The van der Waals surface area contributed by atoms with E-state index in [0.29, 0.717) is 6.42 Å². The van der Waals surface area contributed by atoms with Crippen LogP contribution in [0.1, 0.15) is 32.1 Å². The maximum Gasteiger partial charge on any atom is 0.150 e. The van der Waals surface area contributed by atoms with E-state index >= 15 is 0 Å². The zero-order valence-electron chi connectivity index (χ0n) is 11.4. The molecular weight excluding hydrogens is 266 g/mol. The maximum absolute atomic E-state index is 11.3. The lowest BCUT2D eigenvalue weighted by atomic mass is 9.91. The van der Waals surface area contributed by atoms with E-state index in [1.54, 1.807) is 18.3 Å². The minimum Gasteiger partial charge on any atom is -0.316 e. The van der Waals surface area contributed by atoms with E-state index in [9.17, 15) is 8.42 Å². The molecule has 0 bridgehead atoms. The number of thiophene rings is 1. The summed E-state index contributed by atoms with van der Waals surface area (Å²) in [4.78, 5) is 1.36. The molecule has 1 aromatic heterocycles. The fourth-order valence-electron chi connectivity index (χ4n) is 1.71. The molecule has 1 aromatic rings. The molecule has 0 radical (unpaired) electrons. The van der Waals surface area contributed by atoms with Crippen LogP contribution in [0, 0.1) is 0 Å². The predicted octanol–water partition coefficient (Wildman–Crippen LogP) is 2.44. The van der Waals surface area contributed by atoms with Crippen molar-refractivity contribution >= 4 is 21.2 Å². The van der Waals surface area contributed by atoms with Gasteiger partial charge in [-0.3, -0.25) is 0 Å². The molecule has 0 unspecified atom stereocenters. The van der Waals surface area contributed by atoms with Crippen molar-refractivity contribution in [3.63, 3.8) is 0 Å². The summed E-state index contributed by atoms with van der Waals surface area (Å²) in [7, 11) is -2.82. The first-order valence-corrected chi connectivity index (χ1v) is 9.02. The molecule has 0 aromatic carbocycles. The lowest BCUT2D eigenvalue weighted by Crippen LogP contribution is -2.33. The molecule has 1 N–H and O–H groups in total. The summed E-state index contributed by atoms with van der Waals surface area (Å²) in [5, 5.41) is 5.44. The summed E-state index contributed by atoms with van der Waals surface area (Å²) in [6.07, 6.45) is 0.691. The topological polar surface area (TPSA) is 46.2 Å². The summed E-state index contributed by atoms with van der Waals surface area (Å²) >= 11 is 1.77. The number of hydrogen-bond acceptors (Lipinski definition) is 4. The molecule has 1 heterocycles. The first-order chi connectivity index (χ1) is 8.37. The van der Waals surface area contributed by atoms with Gasteiger partial charge in [0.2, 0.25) is 0 Å². The fraction of sp³-hybridized carbons (Fsp3) is 0.692. The Bertz CT molecular complexity index is 436. The molecule has 5 heteroatoms. The SMILES string of the molecule is CCS(=O)(=O)CCCNCC(C)(C)c1cccs1. The molecule has 0 aliphatic carbocycles. The summed E-state index contributed by atoms with van der Waals surface area (Å²) in [5.41, 5.74) is 0.109. The van der Waals surface area contributed by atoms with Crippen LogP contribution in [-0.2, 0) is 15.3 Å². The fourth-order valence-corrected chi connectivity index (χ4v) is 3.44. The summed E-state index contributed by atoms with van der Waals surface area (Å²) < 4.78 is 22.6. The van der Waals surface area contributed by atoms with Gasteiger partial charge in [0.25, 0.3) is 0 Å². The molecule has 0 aliphatic rings. The van der Waals surface area contributed by atoms with Crippen LogP contribution < -0.4 is 5.32 Å². The van der Waals surface area contributed by atoms with Crippen molar-refractivity contribution in [3.05, 3.63) is 22.4 Å². The summed E-state index contributed by atoms with van der Waals surface area (Å²) in [6, 6.07) is 4.21. The van der Waals surface area contributed by atoms with Gasteiger partial charge in [0.15, 0.2) is 0 Å². The van der Waals surface area contributed by atoms with Crippen LogP contribution in [0.3, 0.4) is 0 Å². The molecule has 0 atom stereocenters. The van der Waals surface area contributed by atoms with Crippen molar-refractivity contribution in [1.29, 1.82) is 0 Å². The van der Waals surface area contributed by atoms with Crippen molar-refractivity contribution in [2.75, 3.05) is 24.6 Å². The van der Waals surface area contributed by atoms with E-state index in [4.69, 9.17) is 0 Å². The van der Waals surface area contributed by atoms with Gasteiger partial charge in [0.1, 0.15) is 9.84 Å². The lowest BCUT2D eigenvalue weighted by Gasteiger charge is -2.23. The highest BCUT2D eigenvalue weighted by Crippen LogP contribution is 2.26. The predicted molar refractivity (Wildman–Crippen MR) is 79.2 cm³/mol. The Balaban J connectivity index is 2.26. The van der Waals surface area contributed by atoms with Crippen molar-refractivity contribution in [1.82, 2.24) is 5.32 Å². The average Bonchev–Trinajstić information content (AvgIpc) is 2.82. The van der Waals surface area contributed by atoms with E-state index in [0.717, 1.165) is 13.1 Å². The van der Waals surface area contributed by atoms with Gasteiger partial charge in [0, 0.05) is 22.6 Å². The second kappa shape index (κ2) is 6.68. The third-order valence-corrected chi connectivity index (χ3v) is 6.03. The number of sulfone groups is 1. The second-order valence-electron chi connectivity index (χ2n) is 5.13. The highest BCUT2D eigenvalue weighted by Gasteiger charge is 2.20. The quantitative estimate of drug-likeness (QED) is 0.748. The Hall–Kier alpha value is -0.390. The number of rotatable bonds is 8. The minimum absolute atomic E-state index is 0.109. The van der Waals surface area contributed by atoms with Crippen LogP contribution in [0.4, 0.5) is 0 Å². The van der Waals surface area contributed by atoms with Crippen LogP contribution >= 0.6 is 11.3 Å². The standard InChI is InChI=1S/C13H23NO2S2/c1-4-18(15,16)10-6-8-14-11-13(2,3)12-7-5-9-17-12/h5,7,9,14H,4,6,8,10-11H2,1-3H3. The normalized spacial score (nSPS) is 12.8. The van der Waals surface area contributed by atoms with Gasteiger partial charge in [-0.1, -0.05) is 26.8 Å². The van der Waals surface area contributed by atoms with Gasteiger partial charge in [-0.2, -0.15) is 0 Å². The van der Waals surface area contributed by atoms with Crippen LogP contribution in [0.15, 0.2) is 17.5 Å². The molecule has 0 saturated heterocycles. The van der Waals surface area contributed by atoms with Crippen molar-refractivity contribution < 1.29 is 8.42 Å². The monoisotopic (exact) mass is 289 g/mol. The summed E-state index contributed by atoms with van der Waals surface area (Å²) in [5.74, 6) is 0.531. The van der Waals surface area contributed by atoms with Crippen LogP contribution in [0.2, 0.25) is 0 Å². The Kier molecular flexibility index (Phi) is 5.82. The van der Waals surface area contributed by atoms with Crippen molar-refractivity contribution in [2.45, 2.75) is 32.6 Å². The smallest absolute Gasteiger partial charge is 0.150 e. The van der Waals surface area contributed by atoms with E-state index in [2.05, 4.69) is 36.7 Å². The van der Waals surface area contributed by atoms with Crippen LogP contribution in [-0.4, -0.2) is 33.0 Å². The third-order valence-electron chi connectivity index (χ3n) is 3.00. The number of hydrogen-bond donors (Lipinski definition) is 1. The van der Waals surface area contributed by atoms with Gasteiger partial charge < -0.3 is 5.32 Å². The van der Waals surface area contributed by atoms with Gasteiger partial charge >= 0.3 is 0 Å². The first kappa shape index (κ1) is 15.7. The Morgan fingerprint density at radius 3 is 2.67 bits per heavy atom. The Labute approximate surface area is 115 Å². The molecule has 0 amide bonds. The van der Waals surface area contributed by atoms with Crippen LogP contribution in [0.5, 0.6) is 0 Å². The van der Waals surface area contributed by atoms with Crippen molar-refractivity contribution in [2.24, 2.45) is 0 Å². The minimum atomic E-state index is -2.82. The molecule has 0 fully saturated rings. The van der Waals surface area contributed by atoms with Crippen LogP contribution in [0.25, 0.3) is 0 Å². The molecule has 0 spiro atoms. The van der Waals surface area contributed by atoms with E-state index < -0.39 is 9.84 Å². The second-order valence-corrected chi connectivity index (χ2v) is 8.55. The Morgan fingerprint density at radius 1 is 1.39 bits per heavy atom. The zero-order chi connectivity index (χ0) is 13.6. The van der Waals surface area contributed by atoms with Crippen molar-refractivity contribution in [3.8, 4) is 0 Å². The number of nitrogens with one attached hydrogen (secondary N) is 1. The molecule has 0 saturated carbocycles. The molecule has 104 valence electrons. The zero-order valence-corrected chi connectivity index (χ0v) is 13.0. The van der Waals surface area contributed by atoms with E-state index in [1.807, 2.05) is 0 Å². The molecule has 1 rings (SSSR count). The molecular formula is C13H23NO2S2. The molecule has 0 aliphatic heterocycles. The largest absolute Gasteiger partial charge is 0.316 e.